The van der Waals surface area contributed by atoms with E-state index < -0.39 is 5.97 Å². The van der Waals surface area contributed by atoms with Crippen LogP contribution in [0.1, 0.15) is 50.6 Å². The van der Waals surface area contributed by atoms with E-state index in [1.165, 1.54) is 23.6 Å². The van der Waals surface area contributed by atoms with Gasteiger partial charge in [-0.15, -0.1) is 0 Å². The number of Topliss-reactive ketones (excluding diaryl/α,β-unsaturated/α-hetero) is 1. The van der Waals surface area contributed by atoms with Crippen molar-refractivity contribution in [2.75, 3.05) is 6.61 Å². The molecule has 1 aliphatic carbocycles. The second-order valence-corrected chi connectivity index (χ2v) is 7.06. The van der Waals surface area contributed by atoms with Gasteiger partial charge in [0.05, 0.1) is 0 Å². The number of carbonyl (C=O) groups excluding carboxylic acids is 2. The number of furan rings is 1. The molecule has 148 valence electrons. The highest BCUT2D eigenvalue weighted by atomic mass is 16.5. The summed E-state index contributed by atoms with van der Waals surface area (Å²) >= 11 is 0. The van der Waals surface area contributed by atoms with E-state index in [2.05, 4.69) is 0 Å². The van der Waals surface area contributed by atoms with Gasteiger partial charge in [-0.2, -0.15) is 0 Å². The van der Waals surface area contributed by atoms with Crippen molar-refractivity contribution in [3.05, 3.63) is 88.9 Å². The van der Waals surface area contributed by atoms with E-state index in [0.29, 0.717) is 17.1 Å². The van der Waals surface area contributed by atoms with Gasteiger partial charge >= 0.3 is 5.97 Å². The number of esters is 1. The lowest BCUT2D eigenvalue weighted by atomic mass is 9.90. The van der Waals surface area contributed by atoms with Crippen LogP contribution >= 0.6 is 0 Å². The lowest BCUT2D eigenvalue weighted by molar-refractivity contribution is 0.0440. The molecule has 0 spiro atoms. The van der Waals surface area contributed by atoms with E-state index in [1.54, 1.807) is 6.07 Å². The number of ether oxygens (including phenoxy) is 2. The van der Waals surface area contributed by atoms with Gasteiger partial charge in [0.2, 0.25) is 5.76 Å². The smallest absolute Gasteiger partial charge is 0.374 e. The molecular weight excluding hydrogens is 368 g/mol. The third-order valence-corrected chi connectivity index (χ3v) is 4.99. The molecule has 29 heavy (non-hydrogen) atoms. The molecule has 4 rings (SSSR count). The predicted molar refractivity (Wildman–Crippen MR) is 107 cm³/mol. The number of rotatable bonds is 7. The normalized spacial score (nSPS) is 12.8. The zero-order valence-corrected chi connectivity index (χ0v) is 16.1. The molecule has 0 amide bonds. The minimum atomic E-state index is -0.665. The summed E-state index contributed by atoms with van der Waals surface area (Å²) in [6.45, 7) is -0.112. The fourth-order valence-corrected chi connectivity index (χ4v) is 3.43. The molecule has 1 heterocycles. The molecule has 0 saturated heterocycles. The van der Waals surface area contributed by atoms with Gasteiger partial charge < -0.3 is 13.9 Å². The third-order valence-electron chi connectivity index (χ3n) is 4.99. The zero-order valence-electron chi connectivity index (χ0n) is 16.1. The van der Waals surface area contributed by atoms with Crippen LogP contribution in [-0.2, 0) is 24.2 Å². The number of fused-ring (bicyclic) bond motifs is 1. The van der Waals surface area contributed by atoms with Crippen LogP contribution in [0.4, 0.5) is 0 Å². The van der Waals surface area contributed by atoms with Crippen LogP contribution in [-0.4, -0.2) is 18.4 Å². The van der Waals surface area contributed by atoms with Gasteiger partial charge in [-0.25, -0.2) is 4.79 Å². The first-order valence-corrected chi connectivity index (χ1v) is 9.78. The first-order chi connectivity index (χ1) is 14.2. The number of carbonyl (C=O) groups is 2. The second-order valence-electron chi connectivity index (χ2n) is 7.06. The van der Waals surface area contributed by atoms with Gasteiger partial charge in [0, 0.05) is 5.56 Å². The zero-order chi connectivity index (χ0) is 20.1. The molecule has 1 aromatic heterocycles. The maximum absolute atomic E-state index is 12.4. The van der Waals surface area contributed by atoms with Crippen LogP contribution in [0.15, 0.2) is 65.1 Å². The summed E-state index contributed by atoms with van der Waals surface area (Å²) in [6.07, 6.45) is 4.40. The Morgan fingerprint density at radius 3 is 2.52 bits per heavy atom. The van der Waals surface area contributed by atoms with Crippen LogP contribution in [0.5, 0.6) is 5.75 Å². The minimum Gasteiger partial charge on any atom is -0.486 e. The summed E-state index contributed by atoms with van der Waals surface area (Å²) in [5.41, 5.74) is 3.11. The minimum absolute atomic E-state index is 0.0508. The van der Waals surface area contributed by atoms with Gasteiger partial charge in [-0.3, -0.25) is 4.79 Å². The molecule has 3 aromatic rings. The maximum atomic E-state index is 12.4. The van der Waals surface area contributed by atoms with Crippen molar-refractivity contribution in [3.8, 4) is 5.75 Å². The molecule has 0 bridgehead atoms. The van der Waals surface area contributed by atoms with Gasteiger partial charge in [-0.05, 0) is 67.1 Å². The molecule has 5 nitrogen and oxygen atoms in total. The standard InChI is InChI=1S/C24H22O5/c25-22(19-11-10-17-6-4-5-7-18(17)14-19)16-28-24(26)23-13-12-21(29-23)15-27-20-8-2-1-3-9-20/h1-3,8-14H,4-7,15-16H2. The van der Waals surface area contributed by atoms with Crippen molar-refractivity contribution in [1.82, 2.24) is 0 Å². The average molecular weight is 390 g/mol. The fraction of sp³-hybridized carbons (Fsp3) is 0.250. The monoisotopic (exact) mass is 390 g/mol. The van der Waals surface area contributed by atoms with Crippen molar-refractivity contribution in [3.63, 3.8) is 0 Å². The van der Waals surface area contributed by atoms with E-state index in [1.807, 2.05) is 48.5 Å². The first kappa shape index (κ1) is 19.0. The molecule has 0 radical (unpaired) electrons. The van der Waals surface area contributed by atoms with Crippen molar-refractivity contribution in [1.29, 1.82) is 0 Å². The Balaban J connectivity index is 1.30. The molecule has 0 fully saturated rings. The molecule has 2 aromatic carbocycles. The molecule has 0 aliphatic heterocycles. The Kier molecular flexibility index (Phi) is 5.75. The average Bonchev–Trinajstić information content (AvgIpc) is 3.25. The summed E-state index contributed by atoms with van der Waals surface area (Å²) in [4.78, 5) is 24.6. The Bertz CT molecular complexity index is 1000. The van der Waals surface area contributed by atoms with E-state index in [-0.39, 0.29) is 24.8 Å². The van der Waals surface area contributed by atoms with Crippen LogP contribution in [0.25, 0.3) is 0 Å². The molecule has 1 aliphatic rings. The van der Waals surface area contributed by atoms with Crippen molar-refractivity contribution >= 4 is 11.8 Å². The molecule has 0 unspecified atom stereocenters. The van der Waals surface area contributed by atoms with Crippen LogP contribution < -0.4 is 4.74 Å². The topological polar surface area (TPSA) is 65.7 Å². The summed E-state index contributed by atoms with van der Waals surface area (Å²) in [7, 11) is 0. The van der Waals surface area contributed by atoms with Crippen molar-refractivity contribution < 1.29 is 23.5 Å². The van der Waals surface area contributed by atoms with Crippen molar-refractivity contribution in [2.45, 2.75) is 32.3 Å². The first-order valence-electron chi connectivity index (χ1n) is 9.78. The SMILES string of the molecule is O=C(COC(=O)c1ccc(COc2ccccc2)o1)c1ccc2c(c1)CCCC2. The number of para-hydroxylation sites is 1. The van der Waals surface area contributed by atoms with Crippen LogP contribution in [0.2, 0.25) is 0 Å². The molecular formula is C24H22O5. The van der Waals surface area contributed by atoms with Crippen LogP contribution in [0.3, 0.4) is 0 Å². The number of hydrogen-bond donors (Lipinski definition) is 0. The van der Waals surface area contributed by atoms with Gasteiger partial charge in [0.25, 0.3) is 0 Å². The third kappa shape index (κ3) is 4.74. The lowest BCUT2D eigenvalue weighted by Crippen LogP contribution is -2.15. The van der Waals surface area contributed by atoms with Crippen molar-refractivity contribution in [2.24, 2.45) is 0 Å². The lowest BCUT2D eigenvalue weighted by Gasteiger charge is -2.16. The highest BCUT2D eigenvalue weighted by Crippen LogP contribution is 2.22. The predicted octanol–water partition coefficient (Wildman–Crippen LogP) is 4.78. The van der Waals surface area contributed by atoms with Gasteiger partial charge in [0.1, 0.15) is 18.1 Å². The highest BCUT2D eigenvalue weighted by Gasteiger charge is 2.17. The van der Waals surface area contributed by atoms with E-state index in [0.717, 1.165) is 19.3 Å². The summed E-state index contributed by atoms with van der Waals surface area (Å²) in [6, 6.07) is 18.3. The summed E-state index contributed by atoms with van der Waals surface area (Å²) in [5.74, 6) is 0.383. The fourth-order valence-electron chi connectivity index (χ4n) is 3.43. The molecule has 0 atom stereocenters. The largest absolute Gasteiger partial charge is 0.486 e. The van der Waals surface area contributed by atoms with Gasteiger partial charge in [-0.1, -0.05) is 30.3 Å². The van der Waals surface area contributed by atoms with E-state index in [9.17, 15) is 9.59 Å². The number of hydrogen-bond acceptors (Lipinski definition) is 5. The molecule has 0 N–H and O–H groups in total. The van der Waals surface area contributed by atoms with Gasteiger partial charge in [0.15, 0.2) is 12.4 Å². The van der Waals surface area contributed by atoms with E-state index >= 15 is 0 Å². The Labute approximate surface area is 169 Å². The maximum Gasteiger partial charge on any atom is 0.374 e. The molecule has 5 heteroatoms. The quantitative estimate of drug-likeness (QED) is 0.429. The number of aryl methyl sites for hydroxylation is 2. The summed E-state index contributed by atoms with van der Waals surface area (Å²) < 4.78 is 16.2. The highest BCUT2D eigenvalue weighted by molar-refractivity contribution is 5.99. The Morgan fingerprint density at radius 1 is 0.897 bits per heavy atom. The Morgan fingerprint density at radius 2 is 1.69 bits per heavy atom. The second kappa shape index (κ2) is 8.78. The molecule has 0 saturated carbocycles. The number of benzene rings is 2. The Hall–Kier alpha value is -3.34. The van der Waals surface area contributed by atoms with Crippen LogP contribution in [0, 0.1) is 0 Å². The summed E-state index contributed by atoms with van der Waals surface area (Å²) in [5, 5.41) is 0. The number of ketones is 1. The van der Waals surface area contributed by atoms with E-state index in [4.69, 9.17) is 13.9 Å².